The molecular weight excluding hydrogens is 214 g/mol. The summed E-state index contributed by atoms with van der Waals surface area (Å²) in [7, 11) is 0. The lowest BCUT2D eigenvalue weighted by Gasteiger charge is -2.06. The van der Waals surface area contributed by atoms with Gasteiger partial charge in [-0.05, 0) is 36.5 Å². The summed E-state index contributed by atoms with van der Waals surface area (Å²) < 4.78 is 5.47. The Morgan fingerprint density at radius 2 is 2.29 bits per heavy atom. The van der Waals surface area contributed by atoms with Crippen LogP contribution in [0.1, 0.15) is 24.0 Å². The SMILES string of the molecule is O=C(NCCc1ccc2c(c1)CCO2)C1CC1. The van der Waals surface area contributed by atoms with Crippen molar-refractivity contribution in [3.05, 3.63) is 29.3 Å². The minimum absolute atomic E-state index is 0.231. The third-order valence-corrected chi connectivity index (χ3v) is 3.41. The van der Waals surface area contributed by atoms with E-state index in [0.29, 0.717) is 5.92 Å². The standard InChI is InChI=1S/C14H17NO2/c16-14(11-2-3-11)15-7-5-10-1-4-13-12(9-10)6-8-17-13/h1,4,9,11H,2-3,5-8H2,(H,15,16). The Morgan fingerprint density at radius 1 is 1.41 bits per heavy atom. The van der Waals surface area contributed by atoms with Gasteiger partial charge in [-0.3, -0.25) is 4.79 Å². The van der Waals surface area contributed by atoms with Crippen molar-refractivity contribution in [3.8, 4) is 5.75 Å². The molecule has 2 aliphatic rings. The Labute approximate surface area is 101 Å². The number of benzene rings is 1. The van der Waals surface area contributed by atoms with E-state index in [9.17, 15) is 4.79 Å². The van der Waals surface area contributed by atoms with E-state index in [2.05, 4.69) is 17.4 Å². The molecule has 0 atom stereocenters. The van der Waals surface area contributed by atoms with Crippen molar-refractivity contribution in [2.24, 2.45) is 5.92 Å². The van der Waals surface area contributed by atoms with Crippen molar-refractivity contribution >= 4 is 5.91 Å². The van der Waals surface area contributed by atoms with Gasteiger partial charge in [-0.1, -0.05) is 12.1 Å². The van der Waals surface area contributed by atoms with Crippen LogP contribution in [0.15, 0.2) is 18.2 Å². The van der Waals surface area contributed by atoms with Gasteiger partial charge in [0.15, 0.2) is 0 Å². The molecule has 0 radical (unpaired) electrons. The zero-order valence-corrected chi connectivity index (χ0v) is 9.87. The van der Waals surface area contributed by atoms with Crippen molar-refractivity contribution in [1.29, 1.82) is 0 Å². The number of carbonyl (C=O) groups excluding carboxylic acids is 1. The maximum absolute atomic E-state index is 11.5. The van der Waals surface area contributed by atoms with E-state index >= 15 is 0 Å². The van der Waals surface area contributed by atoms with Crippen molar-refractivity contribution in [1.82, 2.24) is 5.32 Å². The number of fused-ring (bicyclic) bond motifs is 1. The van der Waals surface area contributed by atoms with Gasteiger partial charge in [0.2, 0.25) is 5.91 Å². The number of ether oxygens (including phenoxy) is 1. The fraction of sp³-hybridized carbons (Fsp3) is 0.500. The van der Waals surface area contributed by atoms with Crippen LogP contribution in [-0.4, -0.2) is 19.1 Å². The van der Waals surface area contributed by atoms with E-state index < -0.39 is 0 Å². The molecule has 0 bridgehead atoms. The van der Waals surface area contributed by atoms with Crippen LogP contribution in [0.4, 0.5) is 0 Å². The Balaban J connectivity index is 1.52. The molecule has 1 heterocycles. The molecule has 1 fully saturated rings. The second-order valence-electron chi connectivity index (χ2n) is 4.86. The van der Waals surface area contributed by atoms with Gasteiger partial charge in [0.05, 0.1) is 6.61 Å². The van der Waals surface area contributed by atoms with E-state index in [1.165, 1.54) is 11.1 Å². The molecule has 3 nitrogen and oxygen atoms in total. The van der Waals surface area contributed by atoms with Crippen molar-refractivity contribution in [2.45, 2.75) is 25.7 Å². The van der Waals surface area contributed by atoms with E-state index in [1.54, 1.807) is 0 Å². The maximum Gasteiger partial charge on any atom is 0.223 e. The van der Waals surface area contributed by atoms with Crippen molar-refractivity contribution < 1.29 is 9.53 Å². The van der Waals surface area contributed by atoms with E-state index in [4.69, 9.17) is 4.74 Å². The minimum atomic E-state index is 0.231. The summed E-state index contributed by atoms with van der Waals surface area (Å²) >= 11 is 0. The number of carbonyl (C=O) groups is 1. The first kappa shape index (κ1) is 10.6. The monoisotopic (exact) mass is 231 g/mol. The van der Waals surface area contributed by atoms with Gasteiger partial charge in [-0.15, -0.1) is 0 Å². The molecule has 1 amide bonds. The predicted octanol–water partition coefficient (Wildman–Crippen LogP) is 1.69. The summed E-state index contributed by atoms with van der Waals surface area (Å²) in [6.07, 6.45) is 4.06. The fourth-order valence-electron chi connectivity index (χ4n) is 2.22. The number of amides is 1. The van der Waals surface area contributed by atoms with Crippen LogP contribution < -0.4 is 10.1 Å². The van der Waals surface area contributed by atoms with Crippen LogP contribution in [0, 0.1) is 5.92 Å². The Morgan fingerprint density at radius 3 is 3.12 bits per heavy atom. The minimum Gasteiger partial charge on any atom is -0.493 e. The molecule has 17 heavy (non-hydrogen) atoms. The number of hydrogen-bond donors (Lipinski definition) is 1. The second-order valence-corrected chi connectivity index (χ2v) is 4.86. The second kappa shape index (κ2) is 4.40. The molecule has 1 saturated carbocycles. The van der Waals surface area contributed by atoms with Crippen LogP contribution in [0.25, 0.3) is 0 Å². The van der Waals surface area contributed by atoms with Gasteiger partial charge in [-0.25, -0.2) is 0 Å². The van der Waals surface area contributed by atoms with Crippen LogP contribution in [-0.2, 0) is 17.6 Å². The Hall–Kier alpha value is -1.51. The number of rotatable bonds is 4. The van der Waals surface area contributed by atoms with E-state index in [1.807, 2.05) is 6.07 Å². The van der Waals surface area contributed by atoms with Gasteiger partial charge < -0.3 is 10.1 Å². The van der Waals surface area contributed by atoms with Crippen molar-refractivity contribution in [3.63, 3.8) is 0 Å². The molecule has 90 valence electrons. The van der Waals surface area contributed by atoms with E-state index in [-0.39, 0.29) is 5.91 Å². The zero-order chi connectivity index (χ0) is 11.7. The summed E-state index contributed by atoms with van der Waals surface area (Å²) in [5, 5.41) is 2.99. The maximum atomic E-state index is 11.5. The highest BCUT2D eigenvalue weighted by atomic mass is 16.5. The normalized spacial score (nSPS) is 17.4. The Bertz CT molecular complexity index is 438. The number of hydrogen-bond acceptors (Lipinski definition) is 2. The summed E-state index contributed by atoms with van der Waals surface area (Å²) in [6, 6.07) is 6.33. The molecule has 1 N–H and O–H groups in total. The highest BCUT2D eigenvalue weighted by Gasteiger charge is 2.28. The molecule has 1 aliphatic heterocycles. The summed E-state index contributed by atoms with van der Waals surface area (Å²) in [5.74, 6) is 1.56. The lowest BCUT2D eigenvalue weighted by atomic mass is 10.1. The summed E-state index contributed by atoms with van der Waals surface area (Å²) in [6.45, 7) is 1.55. The average Bonchev–Trinajstić information content (AvgIpc) is 3.08. The third kappa shape index (κ3) is 2.43. The van der Waals surface area contributed by atoms with Gasteiger partial charge in [0.1, 0.15) is 5.75 Å². The molecule has 1 aliphatic carbocycles. The molecule has 1 aromatic rings. The van der Waals surface area contributed by atoms with Crippen LogP contribution in [0.2, 0.25) is 0 Å². The van der Waals surface area contributed by atoms with E-state index in [0.717, 1.165) is 44.6 Å². The van der Waals surface area contributed by atoms with Crippen molar-refractivity contribution in [2.75, 3.05) is 13.2 Å². The molecule has 0 unspecified atom stereocenters. The first-order valence-electron chi connectivity index (χ1n) is 6.35. The van der Waals surface area contributed by atoms with Gasteiger partial charge in [0.25, 0.3) is 0 Å². The molecule has 3 rings (SSSR count). The summed E-state index contributed by atoms with van der Waals surface area (Å²) in [4.78, 5) is 11.5. The lowest BCUT2D eigenvalue weighted by molar-refractivity contribution is -0.122. The first-order valence-corrected chi connectivity index (χ1v) is 6.35. The smallest absolute Gasteiger partial charge is 0.223 e. The molecule has 3 heteroatoms. The average molecular weight is 231 g/mol. The highest BCUT2D eigenvalue weighted by Crippen LogP contribution is 2.29. The Kier molecular flexibility index (Phi) is 2.75. The topological polar surface area (TPSA) is 38.3 Å². The van der Waals surface area contributed by atoms with Gasteiger partial charge in [0, 0.05) is 18.9 Å². The zero-order valence-electron chi connectivity index (χ0n) is 9.87. The quantitative estimate of drug-likeness (QED) is 0.856. The van der Waals surface area contributed by atoms with Crippen LogP contribution >= 0.6 is 0 Å². The van der Waals surface area contributed by atoms with Gasteiger partial charge in [-0.2, -0.15) is 0 Å². The van der Waals surface area contributed by atoms with Crippen LogP contribution in [0.3, 0.4) is 0 Å². The number of nitrogens with one attached hydrogen (secondary N) is 1. The molecule has 0 saturated heterocycles. The van der Waals surface area contributed by atoms with Crippen LogP contribution in [0.5, 0.6) is 5.75 Å². The van der Waals surface area contributed by atoms with Gasteiger partial charge >= 0.3 is 0 Å². The molecule has 0 spiro atoms. The third-order valence-electron chi connectivity index (χ3n) is 3.41. The lowest BCUT2D eigenvalue weighted by Crippen LogP contribution is -2.26. The highest BCUT2D eigenvalue weighted by molar-refractivity contribution is 5.80. The predicted molar refractivity (Wildman–Crippen MR) is 65.1 cm³/mol. The summed E-state index contributed by atoms with van der Waals surface area (Å²) in [5.41, 5.74) is 2.58. The molecule has 0 aromatic heterocycles. The largest absolute Gasteiger partial charge is 0.493 e. The fourth-order valence-corrected chi connectivity index (χ4v) is 2.22. The molecule has 1 aromatic carbocycles. The molecular formula is C14H17NO2. The first-order chi connectivity index (χ1) is 8.33.